The number of rotatable bonds is 8. The molecule has 0 atom stereocenters. The van der Waals surface area contributed by atoms with Crippen LogP contribution in [0.3, 0.4) is 0 Å². The van der Waals surface area contributed by atoms with Crippen LogP contribution in [0, 0.1) is 5.82 Å². The molecule has 0 aliphatic carbocycles. The second kappa shape index (κ2) is 8.30. The topological polar surface area (TPSA) is 21.3 Å². The van der Waals surface area contributed by atoms with E-state index in [1.807, 2.05) is 30.3 Å². The minimum Gasteiger partial charge on any atom is -0.491 e. The van der Waals surface area contributed by atoms with E-state index in [0.29, 0.717) is 18.7 Å². The van der Waals surface area contributed by atoms with Gasteiger partial charge >= 0.3 is 0 Å². The number of para-hydroxylation sites is 2. The monoisotopic (exact) mass is 287 g/mol. The molecule has 0 aliphatic heterocycles. The summed E-state index contributed by atoms with van der Waals surface area (Å²) in [6.45, 7) is 3.33. The average Bonchev–Trinajstić information content (AvgIpc) is 2.52. The standard InChI is InChI=1S/C18H22FNO/c1-2-3-8-13-21-18-12-7-6-11-17(18)20-14-15-9-4-5-10-16(15)19/h4-7,9-12,20H,2-3,8,13-14H2,1H3. The van der Waals surface area contributed by atoms with Gasteiger partial charge in [0.05, 0.1) is 12.3 Å². The molecule has 1 N–H and O–H groups in total. The van der Waals surface area contributed by atoms with E-state index in [1.54, 1.807) is 12.1 Å². The first-order valence-corrected chi connectivity index (χ1v) is 7.50. The average molecular weight is 287 g/mol. The number of hydrogen-bond donors (Lipinski definition) is 1. The quantitative estimate of drug-likeness (QED) is 0.689. The number of hydrogen-bond acceptors (Lipinski definition) is 2. The molecule has 0 unspecified atom stereocenters. The van der Waals surface area contributed by atoms with Crippen molar-refractivity contribution in [3.8, 4) is 5.75 Å². The van der Waals surface area contributed by atoms with Crippen molar-refractivity contribution in [1.29, 1.82) is 0 Å². The minimum absolute atomic E-state index is 0.189. The lowest BCUT2D eigenvalue weighted by Crippen LogP contribution is -2.05. The van der Waals surface area contributed by atoms with Crippen LogP contribution in [-0.4, -0.2) is 6.61 Å². The van der Waals surface area contributed by atoms with Crippen LogP contribution in [0.1, 0.15) is 31.7 Å². The summed E-state index contributed by atoms with van der Waals surface area (Å²) < 4.78 is 19.4. The van der Waals surface area contributed by atoms with E-state index in [0.717, 1.165) is 17.9 Å². The molecule has 0 fully saturated rings. The van der Waals surface area contributed by atoms with Gasteiger partial charge in [0.1, 0.15) is 11.6 Å². The Bertz CT molecular complexity index is 556. The predicted octanol–water partition coefficient (Wildman–Crippen LogP) is 5.01. The molecule has 0 spiro atoms. The van der Waals surface area contributed by atoms with Crippen molar-refractivity contribution in [3.05, 3.63) is 59.9 Å². The highest BCUT2D eigenvalue weighted by Crippen LogP contribution is 2.25. The van der Waals surface area contributed by atoms with Gasteiger partial charge in [-0.2, -0.15) is 0 Å². The number of anilines is 1. The number of halogens is 1. The number of benzene rings is 2. The fourth-order valence-electron chi connectivity index (χ4n) is 2.10. The summed E-state index contributed by atoms with van der Waals surface area (Å²) in [5.41, 5.74) is 1.55. The molecule has 0 aliphatic rings. The summed E-state index contributed by atoms with van der Waals surface area (Å²) in [6.07, 6.45) is 3.40. The van der Waals surface area contributed by atoms with Crippen LogP contribution < -0.4 is 10.1 Å². The Morgan fingerprint density at radius 1 is 1.00 bits per heavy atom. The molecular weight excluding hydrogens is 265 g/mol. The molecule has 0 bridgehead atoms. The highest BCUT2D eigenvalue weighted by atomic mass is 19.1. The summed E-state index contributed by atoms with van der Waals surface area (Å²) in [4.78, 5) is 0. The van der Waals surface area contributed by atoms with Crippen LogP contribution in [0.2, 0.25) is 0 Å². The SMILES string of the molecule is CCCCCOc1ccccc1NCc1ccccc1F. The van der Waals surface area contributed by atoms with Crippen molar-refractivity contribution in [1.82, 2.24) is 0 Å². The van der Waals surface area contributed by atoms with Crippen molar-refractivity contribution in [3.63, 3.8) is 0 Å². The normalized spacial score (nSPS) is 10.4. The number of nitrogens with one attached hydrogen (secondary N) is 1. The molecule has 112 valence electrons. The molecule has 2 aromatic rings. The Hall–Kier alpha value is -2.03. The van der Waals surface area contributed by atoms with Gasteiger partial charge in [0.2, 0.25) is 0 Å². The highest BCUT2D eigenvalue weighted by Gasteiger charge is 2.04. The van der Waals surface area contributed by atoms with E-state index in [4.69, 9.17) is 4.74 Å². The van der Waals surface area contributed by atoms with Gasteiger partial charge in [-0.15, -0.1) is 0 Å². The van der Waals surface area contributed by atoms with Gasteiger partial charge in [0.15, 0.2) is 0 Å². The third-order valence-corrected chi connectivity index (χ3v) is 3.32. The van der Waals surface area contributed by atoms with Gasteiger partial charge in [0.25, 0.3) is 0 Å². The summed E-state index contributed by atoms with van der Waals surface area (Å²) in [5, 5.41) is 3.25. The van der Waals surface area contributed by atoms with Crippen molar-refractivity contribution in [2.75, 3.05) is 11.9 Å². The van der Waals surface area contributed by atoms with Crippen LogP contribution in [0.5, 0.6) is 5.75 Å². The van der Waals surface area contributed by atoms with Gasteiger partial charge in [-0.3, -0.25) is 0 Å². The molecule has 0 radical (unpaired) electrons. The highest BCUT2D eigenvalue weighted by molar-refractivity contribution is 5.56. The molecule has 0 aromatic heterocycles. The van der Waals surface area contributed by atoms with E-state index < -0.39 is 0 Å². The van der Waals surface area contributed by atoms with E-state index in [1.165, 1.54) is 18.9 Å². The van der Waals surface area contributed by atoms with E-state index in [2.05, 4.69) is 12.2 Å². The van der Waals surface area contributed by atoms with Crippen molar-refractivity contribution in [2.45, 2.75) is 32.7 Å². The van der Waals surface area contributed by atoms with Gasteiger partial charge in [0, 0.05) is 12.1 Å². The van der Waals surface area contributed by atoms with Gasteiger partial charge < -0.3 is 10.1 Å². The van der Waals surface area contributed by atoms with Crippen LogP contribution in [0.15, 0.2) is 48.5 Å². The van der Waals surface area contributed by atoms with Crippen molar-refractivity contribution >= 4 is 5.69 Å². The van der Waals surface area contributed by atoms with Crippen LogP contribution in [-0.2, 0) is 6.54 Å². The molecule has 0 amide bonds. The maximum Gasteiger partial charge on any atom is 0.142 e. The van der Waals surface area contributed by atoms with Gasteiger partial charge in [-0.1, -0.05) is 50.1 Å². The maximum absolute atomic E-state index is 13.6. The second-order valence-electron chi connectivity index (χ2n) is 5.00. The fraction of sp³-hybridized carbons (Fsp3) is 0.333. The summed E-state index contributed by atoms with van der Waals surface area (Å²) >= 11 is 0. The summed E-state index contributed by atoms with van der Waals surface area (Å²) in [6, 6.07) is 14.6. The molecule has 2 rings (SSSR count). The zero-order valence-corrected chi connectivity index (χ0v) is 12.4. The van der Waals surface area contributed by atoms with Crippen molar-refractivity contribution in [2.24, 2.45) is 0 Å². The Balaban J connectivity index is 1.95. The Morgan fingerprint density at radius 2 is 1.76 bits per heavy atom. The predicted molar refractivity (Wildman–Crippen MR) is 85.2 cm³/mol. The lowest BCUT2D eigenvalue weighted by molar-refractivity contribution is 0.307. The molecule has 2 nitrogen and oxygen atoms in total. The Labute approximate surface area is 126 Å². The fourth-order valence-corrected chi connectivity index (χ4v) is 2.10. The zero-order chi connectivity index (χ0) is 14.9. The smallest absolute Gasteiger partial charge is 0.142 e. The van der Waals surface area contributed by atoms with Crippen LogP contribution in [0.25, 0.3) is 0 Å². The van der Waals surface area contributed by atoms with E-state index >= 15 is 0 Å². The first kappa shape index (κ1) is 15.4. The van der Waals surface area contributed by atoms with E-state index in [9.17, 15) is 4.39 Å². The zero-order valence-electron chi connectivity index (χ0n) is 12.4. The first-order valence-electron chi connectivity index (χ1n) is 7.50. The van der Waals surface area contributed by atoms with Gasteiger partial charge in [-0.25, -0.2) is 4.39 Å². The van der Waals surface area contributed by atoms with Crippen LogP contribution >= 0.6 is 0 Å². The van der Waals surface area contributed by atoms with E-state index in [-0.39, 0.29) is 5.82 Å². The number of unbranched alkanes of at least 4 members (excludes halogenated alkanes) is 2. The molecule has 3 heteroatoms. The summed E-state index contributed by atoms with van der Waals surface area (Å²) in [7, 11) is 0. The first-order chi connectivity index (χ1) is 10.3. The third kappa shape index (κ3) is 4.78. The van der Waals surface area contributed by atoms with Crippen LogP contribution in [0.4, 0.5) is 10.1 Å². The molecule has 0 heterocycles. The lowest BCUT2D eigenvalue weighted by atomic mass is 10.2. The lowest BCUT2D eigenvalue weighted by Gasteiger charge is -2.13. The Kier molecular flexibility index (Phi) is 6.07. The summed E-state index contributed by atoms with van der Waals surface area (Å²) in [5.74, 6) is 0.635. The maximum atomic E-state index is 13.6. The molecule has 21 heavy (non-hydrogen) atoms. The largest absolute Gasteiger partial charge is 0.491 e. The minimum atomic E-state index is -0.189. The molecule has 0 saturated carbocycles. The molecule has 2 aromatic carbocycles. The number of ether oxygens (including phenoxy) is 1. The molecular formula is C18H22FNO. The van der Waals surface area contributed by atoms with Gasteiger partial charge in [-0.05, 0) is 24.6 Å². The Morgan fingerprint density at radius 3 is 2.57 bits per heavy atom. The second-order valence-corrected chi connectivity index (χ2v) is 5.00. The third-order valence-electron chi connectivity index (χ3n) is 3.32. The van der Waals surface area contributed by atoms with Crippen molar-refractivity contribution < 1.29 is 9.13 Å². The molecule has 0 saturated heterocycles.